The normalized spacial score (nSPS) is 10.9. The van der Waals surface area contributed by atoms with Crippen molar-refractivity contribution in [2.75, 3.05) is 13.2 Å². The maximum Gasteiger partial charge on any atom is 0.238 e. The van der Waals surface area contributed by atoms with Crippen LogP contribution in [0, 0.1) is 6.57 Å². The fourth-order valence-corrected chi connectivity index (χ4v) is 0.859. The van der Waals surface area contributed by atoms with Crippen LogP contribution in [0.3, 0.4) is 0 Å². The molecule has 1 atom stereocenters. The van der Waals surface area contributed by atoms with Gasteiger partial charge in [0.05, 0.1) is 0 Å². The molecule has 1 unspecified atom stereocenters. The van der Waals surface area contributed by atoms with Gasteiger partial charge < -0.3 is 9.37 Å². The van der Waals surface area contributed by atoms with Crippen LogP contribution in [0.1, 0.15) is 13.8 Å². The molecule has 2 nitrogen and oxygen atoms in total. The van der Waals surface area contributed by atoms with Crippen LogP contribution in [0.25, 0.3) is 4.85 Å². The quantitative estimate of drug-likeness (QED) is 0.335. The molecule has 0 aromatic heterocycles. The first-order valence-corrected chi connectivity index (χ1v) is 3.96. The Bertz CT molecular complexity index is 97.7. The summed E-state index contributed by atoms with van der Waals surface area (Å²) in [5.41, 5.74) is 0.607. The second-order valence-electron chi connectivity index (χ2n) is 2.00. The molecule has 0 aliphatic carbocycles. The van der Waals surface area contributed by atoms with Gasteiger partial charge >= 0.3 is 0 Å². The summed E-state index contributed by atoms with van der Waals surface area (Å²) in [4.78, 5) is 3.16. The van der Waals surface area contributed by atoms with E-state index in [4.69, 9.17) is 11.1 Å². The topological polar surface area (TPSA) is 13.6 Å². The van der Waals surface area contributed by atoms with E-state index >= 15 is 0 Å². The predicted octanol–water partition coefficient (Wildman–Crippen LogP) is 1.92. The summed E-state index contributed by atoms with van der Waals surface area (Å²) in [6.45, 7) is 11.7. The Morgan fingerprint density at radius 3 is 2.78 bits per heavy atom. The largest absolute Gasteiger partial charge is 0.354 e. The number of nitrogens with zero attached hydrogens (tertiary/aromatic N) is 1. The van der Waals surface area contributed by atoms with E-state index in [1.54, 1.807) is 0 Å². The maximum atomic E-state index is 6.44. The van der Waals surface area contributed by atoms with Crippen LogP contribution in [0.15, 0.2) is 0 Å². The van der Waals surface area contributed by atoms with Crippen LogP contribution in [-0.4, -0.2) is 18.8 Å². The van der Waals surface area contributed by atoms with Gasteiger partial charge in [0.25, 0.3) is 0 Å². The van der Waals surface area contributed by atoms with Gasteiger partial charge in [0.1, 0.15) is 6.61 Å². The highest BCUT2D eigenvalue weighted by atomic mass is 31.1. The Balaban J connectivity index is 2.85. The van der Waals surface area contributed by atoms with E-state index in [0.717, 1.165) is 0 Å². The third-order valence-corrected chi connectivity index (χ3v) is 1.47. The van der Waals surface area contributed by atoms with Gasteiger partial charge in [0.15, 0.2) is 0 Å². The highest BCUT2D eigenvalue weighted by Crippen LogP contribution is 2.17. The van der Waals surface area contributed by atoms with Gasteiger partial charge in [-0.25, -0.2) is 6.57 Å². The molecule has 0 aromatic carbocycles. The van der Waals surface area contributed by atoms with Crippen molar-refractivity contribution in [1.82, 2.24) is 0 Å². The van der Waals surface area contributed by atoms with E-state index < -0.39 is 0 Å². The fraction of sp³-hybridized carbons (Fsp3) is 0.833. The van der Waals surface area contributed by atoms with Gasteiger partial charge in [-0.1, -0.05) is 13.8 Å². The lowest BCUT2D eigenvalue weighted by Gasteiger charge is -2.01. The molecule has 0 rings (SSSR count). The minimum absolute atomic E-state index is 0.500. The zero-order chi connectivity index (χ0) is 7.11. The molecule has 0 bridgehead atoms. The Labute approximate surface area is 58.3 Å². The minimum atomic E-state index is 0.500. The molecule has 0 spiro atoms. The van der Waals surface area contributed by atoms with Crippen LogP contribution in [0.5, 0.6) is 0 Å². The van der Waals surface area contributed by atoms with Crippen molar-refractivity contribution < 1.29 is 4.52 Å². The van der Waals surface area contributed by atoms with E-state index in [-0.39, 0.29) is 0 Å². The van der Waals surface area contributed by atoms with Crippen LogP contribution in [0.2, 0.25) is 0 Å². The molecule has 3 heteroatoms. The van der Waals surface area contributed by atoms with Crippen LogP contribution >= 0.6 is 8.81 Å². The number of rotatable bonds is 4. The second kappa shape index (κ2) is 6.01. The highest BCUT2D eigenvalue weighted by Gasteiger charge is 1.92. The maximum absolute atomic E-state index is 6.44. The Morgan fingerprint density at radius 1 is 1.67 bits per heavy atom. The molecule has 0 heterocycles. The smallest absolute Gasteiger partial charge is 0.238 e. The molecule has 0 N–H and O–H groups in total. The van der Waals surface area contributed by atoms with Gasteiger partial charge in [-0.05, 0) is 5.66 Å². The summed E-state index contributed by atoms with van der Waals surface area (Å²) < 4.78 is 5.15. The molecular formula is C6H12NOP. The molecule has 0 amide bonds. The van der Waals surface area contributed by atoms with Crippen molar-refractivity contribution in [2.24, 2.45) is 0 Å². The molecule has 52 valence electrons. The van der Waals surface area contributed by atoms with E-state index in [2.05, 4.69) is 18.7 Å². The lowest BCUT2D eigenvalue weighted by molar-refractivity contribution is 0.381. The molecule has 0 saturated heterocycles. The first-order chi connectivity index (χ1) is 4.27. The van der Waals surface area contributed by atoms with Crippen molar-refractivity contribution in [3.63, 3.8) is 0 Å². The van der Waals surface area contributed by atoms with E-state index in [9.17, 15) is 0 Å². The molecule has 0 aliphatic heterocycles. The Morgan fingerprint density at radius 2 is 2.33 bits per heavy atom. The van der Waals surface area contributed by atoms with Gasteiger partial charge in [0, 0.05) is 8.81 Å². The molecule has 9 heavy (non-hydrogen) atoms. The summed E-state index contributed by atoms with van der Waals surface area (Å²) in [5, 5.41) is 0. The molecule has 0 fully saturated rings. The SMILES string of the molecule is [C-]#[N+]CCOPC(C)C. The lowest BCUT2D eigenvalue weighted by Crippen LogP contribution is -1.91. The van der Waals surface area contributed by atoms with Crippen molar-refractivity contribution in [3.8, 4) is 0 Å². The molecule has 0 saturated carbocycles. The first kappa shape index (κ1) is 8.88. The van der Waals surface area contributed by atoms with Crippen molar-refractivity contribution in [3.05, 3.63) is 11.4 Å². The summed E-state index contributed by atoms with van der Waals surface area (Å²) in [6, 6.07) is 0. The van der Waals surface area contributed by atoms with Gasteiger partial charge in [-0.2, -0.15) is 0 Å². The third-order valence-electron chi connectivity index (χ3n) is 0.624. The first-order valence-electron chi connectivity index (χ1n) is 2.98. The molecule has 0 aromatic rings. The predicted molar refractivity (Wildman–Crippen MR) is 40.9 cm³/mol. The van der Waals surface area contributed by atoms with E-state index in [1.807, 2.05) is 0 Å². The van der Waals surface area contributed by atoms with Crippen molar-refractivity contribution >= 4 is 8.81 Å². The average Bonchev–Trinajstić information content (AvgIpc) is 1.80. The summed E-state index contributed by atoms with van der Waals surface area (Å²) in [5.74, 6) is 0. The molecular weight excluding hydrogens is 133 g/mol. The molecule has 0 aliphatic rings. The zero-order valence-electron chi connectivity index (χ0n) is 5.85. The number of hydrogen-bond acceptors (Lipinski definition) is 1. The van der Waals surface area contributed by atoms with Gasteiger partial charge in [-0.15, -0.1) is 0 Å². The van der Waals surface area contributed by atoms with Crippen LogP contribution in [0.4, 0.5) is 0 Å². The van der Waals surface area contributed by atoms with E-state index in [0.29, 0.717) is 27.6 Å². The Hall–Kier alpha value is -0.120. The monoisotopic (exact) mass is 145 g/mol. The van der Waals surface area contributed by atoms with E-state index in [1.165, 1.54) is 0 Å². The van der Waals surface area contributed by atoms with Gasteiger partial charge in [-0.3, -0.25) is 0 Å². The second-order valence-corrected chi connectivity index (χ2v) is 3.68. The summed E-state index contributed by atoms with van der Waals surface area (Å²) in [7, 11) is 0.555. The average molecular weight is 145 g/mol. The lowest BCUT2D eigenvalue weighted by atomic mass is 10.6. The molecule has 0 radical (unpaired) electrons. The van der Waals surface area contributed by atoms with Crippen molar-refractivity contribution in [2.45, 2.75) is 19.5 Å². The highest BCUT2D eigenvalue weighted by molar-refractivity contribution is 7.33. The van der Waals surface area contributed by atoms with Crippen LogP contribution in [-0.2, 0) is 4.52 Å². The standard InChI is InChI=1S/C6H12NOP/c1-6(2)9-8-5-4-7-3/h6,9H,4-5H2,1-2H3. The van der Waals surface area contributed by atoms with Crippen molar-refractivity contribution in [1.29, 1.82) is 0 Å². The minimum Gasteiger partial charge on any atom is -0.354 e. The Kier molecular flexibility index (Phi) is 5.93. The summed E-state index contributed by atoms with van der Waals surface area (Å²) >= 11 is 0. The summed E-state index contributed by atoms with van der Waals surface area (Å²) in [6.07, 6.45) is 0. The number of hydrogen-bond donors (Lipinski definition) is 0. The van der Waals surface area contributed by atoms with Gasteiger partial charge in [0.2, 0.25) is 6.54 Å². The zero-order valence-corrected chi connectivity index (χ0v) is 6.85. The fourth-order valence-electron chi connectivity index (χ4n) is 0.317. The van der Waals surface area contributed by atoms with Crippen LogP contribution < -0.4 is 0 Å². The third kappa shape index (κ3) is 7.88.